The van der Waals surface area contributed by atoms with Gasteiger partial charge in [-0.25, -0.2) is 59.8 Å². The van der Waals surface area contributed by atoms with Crippen molar-refractivity contribution in [1.29, 1.82) is 5.26 Å². The van der Waals surface area contributed by atoms with Gasteiger partial charge in [-0.05, 0) is 171 Å². The first-order valence-electron chi connectivity index (χ1n) is 24.6. The molecule has 0 bridgehead atoms. The smallest absolute Gasteiger partial charge is 0.309 e. The number of hydrogen-bond donors (Lipinski definition) is 0. The fourth-order valence-electron chi connectivity index (χ4n) is 10.5. The molecule has 0 saturated carbocycles. The van der Waals surface area contributed by atoms with Crippen LogP contribution in [0.3, 0.4) is 0 Å². The largest absolute Gasteiger partial charge is 0.416 e. The Labute approximate surface area is 438 Å². The summed E-state index contributed by atoms with van der Waals surface area (Å²) in [5, 5.41) is 14.6. The molecule has 0 unspecified atom stereocenters. The molecule has 0 aliphatic heterocycles. The summed E-state index contributed by atoms with van der Waals surface area (Å²) in [5.74, 6) is 6.47. The number of benzene rings is 6. The molecule has 18 heteroatoms. The van der Waals surface area contributed by atoms with Gasteiger partial charge in [0, 0.05) is 49.4 Å². The number of rotatable bonds is 7. The number of alkyl halides is 3. The summed E-state index contributed by atoms with van der Waals surface area (Å²) >= 11 is 0. The van der Waals surface area contributed by atoms with Crippen molar-refractivity contribution in [3.8, 4) is 74.1 Å². The Morgan fingerprint density at radius 1 is 0.364 bits per heavy atom. The van der Waals surface area contributed by atoms with Crippen molar-refractivity contribution in [2.24, 2.45) is 0 Å². The third kappa shape index (κ3) is 8.60. The van der Waals surface area contributed by atoms with Crippen LogP contribution in [0.5, 0.6) is 0 Å². The zero-order valence-electron chi connectivity index (χ0n) is 43.2. The lowest BCUT2D eigenvalue weighted by atomic mass is 9.96. The van der Waals surface area contributed by atoms with Gasteiger partial charge in [-0.3, -0.25) is 0 Å². The van der Waals surface area contributed by atoms with E-state index in [9.17, 15) is 18.4 Å². The predicted molar refractivity (Wildman–Crippen MR) is 288 cm³/mol. The van der Waals surface area contributed by atoms with Gasteiger partial charge >= 0.3 is 6.18 Å². The molecular weight excluding hydrogens is 976 g/mol. The number of hydrogen-bond acceptors (Lipinski definition) is 13. The minimum absolute atomic E-state index is 0.252. The van der Waals surface area contributed by atoms with E-state index < -0.39 is 11.7 Å². The summed E-state index contributed by atoms with van der Waals surface area (Å²) in [6.07, 6.45) is -4.67. The lowest BCUT2D eigenvalue weighted by Gasteiger charge is -2.20. The average molecular weight is 1020 g/mol. The minimum atomic E-state index is -4.67. The Balaban J connectivity index is 1.18. The van der Waals surface area contributed by atoms with Crippen LogP contribution in [0.2, 0.25) is 0 Å². The van der Waals surface area contributed by atoms with Crippen molar-refractivity contribution in [3.63, 3.8) is 0 Å². The van der Waals surface area contributed by atoms with Gasteiger partial charge in [0.15, 0.2) is 23.3 Å². The van der Waals surface area contributed by atoms with Gasteiger partial charge in [-0.15, -0.1) is 0 Å². The standard InChI is InChI=1S/C59H44F3N15/c1-28-18-41(20-43(19-28)59(60,61)62)44-26-53(76-49-14-10-37(55-68-29(2)64-30(3)69-55)21-45(49)46-22-38(11-15-50(46)76)56-70-31(4)65-32(5)71-56)42(27-63)25-54(44)77-51-16-12-39(57-72-33(6)66-34(7)73-57)23-47(51)48-24-40(13-17-52(48)77)58-74-35(8)67-36(9)75-58/h10-26H,1-9H3. The molecule has 0 radical (unpaired) electrons. The van der Waals surface area contributed by atoms with E-state index in [1.165, 1.54) is 6.07 Å². The van der Waals surface area contributed by atoms with Crippen LogP contribution in [0.1, 0.15) is 63.3 Å². The molecule has 0 N–H and O–H groups in total. The highest BCUT2D eigenvalue weighted by Gasteiger charge is 2.32. The van der Waals surface area contributed by atoms with E-state index in [2.05, 4.69) is 65.9 Å². The Hall–Kier alpha value is -9.76. The fourth-order valence-corrected chi connectivity index (χ4v) is 10.5. The van der Waals surface area contributed by atoms with E-state index in [-0.39, 0.29) is 5.56 Å². The van der Waals surface area contributed by atoms with Gasteiger partial charge in [0.2, 0.25) is 0 Å². The zero-order valence-corrected chi connectivity index (χ0v) is 43.2. The number of nitrogens with zero attached hydrogens (tertiary/aromatic N) is 15. The predicted octanol–water partition coefficient (Wildman–Crippen LogP) is 12.6. The number of nitriles is 1. The molecule has 15 nitrogen and oxygen atoms in total. The lowest BCUT2D eigenvalue weighted by molar-refractivity contribution is -0.137. The summed E-state index contributed by atoms with van der Waals surface area (Å²) in [5.41, 5.74) is 7.23. The maximum Gasteiger partial charge on any atom is 0.416 e. The van der Waals surface area contributed by atoms with E-state index in [0.29, 0.717) is 120 Å². The summed E-state index contributed by atoms with van der Waals surface area (Å²) in [6.45, 7) is 16.2. The summed E-state index contributed by atoms with van der Waals surface area (Å²) in [7, 11) is 0. The SMILES string of the molecule is Cc1cc(-c2cc(-n3c4ccc(-c5nc(C)nc(C)n5)cc4c4cc(-c5nc(C)nc(C)n5)ccc43)c(C#N)cc2-n2c3ccc(-c4nc(C)nc(C)n4)cc3c3cc(-c4nc(C)nc(C)n4)ccc32)cc(C(F)(F)F)c1. The molecule has 0 saturated heterocycles. The molecule has 6 heterocycles. The van der Waals surface area contributed by atoms with Gasteiger partial charge in [-0.1, -0.05) is 6.07 Å². The highest BCUT2D eigenvalue weighted by atomic mass is 19.4. The molecule has 0 fully saturated rings. The second kappa shape index (κ2) is 18.0. The van der Waals surface area contributed by atoms with Crippen LogP contribution in [0.15, 0.2) is 103 Å². The number of aromatic nitrogens is 14. The molecule has 12 rings (SSSR count). The highest BCUT2D eigenvalue weighted by molar-refractivity contribution is 6.13. The first-order valence-corrected chi connectivity index (χ1v) is 24.6. The van der Waals surface area contributed by atoms with E-state index >= 15 is 0 Å². The molecule has 376 valence electrons. The summed E-state index contributed by atoms with van der Waals surface area (Å²) < 4.78 is 48.9. The third-order valence-corrected chi connectivity index (χ3v) is 13.4. The van der Waals surface area contributed by atoms with Crippen LogP contribution in [-0.2, 0) is 6.18 Å². The Morgan fingerprint density at radius 2 is 0.688 bits per heavy atom. The van der Waals surface area contributed by atoms with Gasteiger partial charge in [-0.2, -0.15) is 18.4 Å². The average Bonchev–Trinajstić information content (AvgIpc) is 4.03. The molecule has 6 aromatic carbocycles. The Morgan fingerprint density at radius 3 is 1.00 bits per heavy atom. The number of fused-ring (bicyclic) bond motifs is 6. The molecule has 12 aromatic rings. The second-order valence-corrected chi connectivity index (χ2v) is 19.2. The second-order valence-electron chi connectivity index (χ2n) is 19.2. The molecule has 6 aromatic heterocycles. The molecule has 0 aliphatic carbocycles. The van der Waals surface area contributed by atoms with Crippen LogP contribution in [0.25, 0.3) is 112 Å². The minimum Gasteiger partial charge on any atom is -0.309 e. The van der Waals surface area contributed by atoms with Gasteiger partial charge in [0.25, 0.3) is 0 Å². The van der Waals surface area contributed by atoms with E-state index in [1.807, 2.05) is 143 Å². The van der Waals surface area contributed by atoms with E-state index in [4.69, 9.17) is 0 Å². The lowest BCUT2D eigenvalue weighted by Crippen LogP contribution is -2.07. The van der Waals surface area contributed by atoms with Crippen LogP contribution in [0, 0.1) is 73.6 Å². The van der Waals surface area contributed by atoms with Crippen molar-refractivity contribution in [2.45, 2.75) is 68.5 Å². The molecule has 0 spiro atoms. The molecule has 0 amide bonds. The topological polar surface area (TPSA) is 188 Å². The quantitative estimate of drug-likeness (QED) is 0.147. The summed E-state index contributed by atoms with van der Waals surface area (Å²) in [6, 6.07) is 33.6. The van der Waals surface area contributed by atoms with Crippen LogP contribution in [-0.4, -0.2) is 68.9 Å². The Kier molecular flexibility index (Phi) is 11.3. The van der Waals surface area contributed by atoms with Crippen molar-refractivity contribution in [3.05, 3.63) is 166 Å². The maximum atomic E-state index is 15.0. The molecule has 0 aliphatic rings. The van der Waals surface area contributed by atoms with Crippen molar-refractivity contribution in [2.75, 3.05) is 0 Å². The first kappa shape index (κ1) is 48.2. The number of aryl methyl sites for hydroxylation is 9. The summed E-state index contributed by atoms with van der Waals surface area (Å²) in [4.78, 5) is 55.0. The maximum absolute atomic E-state index is 15.0. The number of halogens is 3. The van der Waals surface area contributed by atoms with Gasteiger partial charge < -0.3 is 9.13 Å². The van der Waals surface area contributed by atoms with E-state index in [1.54, 1.807) is 19.1 Å². The molecule has 77 heavy (non-hydrogen) atoms. The molecular formula is C59H44F3N15. The van der Waals surface area contributed by atoms with Crippen LogP contribution < -0.4 is 0 Å². The fraction of sp³-hybridized carbons (Fsp3) is 0.169. The van der Waals surface area contributed by atoms with Crippen molar-refractivity contribution < 1.29 is 13.2 Å². The monoisotopic (exact) mass is 1020 g/mol. The van der Waals surface area contributed by atoms with Crippen molar-refractivity contribution >= 4 is 43.6 Å². The molecule has 0 atom stereocenters. The highest BCUT2D eigenvalue weighted by Crippen LogP contribution is 2.44. The van der Waals surface area contributed by atoms with Crippen LogP contribution >= 0.6 is 0 Å². The first-order chi connectivity index (χ1) is 36.8. The zero-order chi connectivity index (χ0) is 53.8. The Bertz CT molecular complexity index is 4230. The van der Waals surface area contributed by atoms with Gasteiger partial charge in [0.05, 0.1) is 44.6 Å². The third-order valence-electron chi connectivity index (χ3n) is 13.4. The van der Waals surface area contributed by atoms with E-state index in [0.717, 1.165) is 49.9 Å². The van der Waals surface area contributed by atoms with Gasteiger partial charge in [0.1, 0.15) is 52.7 Å². The normalized spacial score (nSPS) is 11.9. The van der Waals surface area contributed by atoms with Crippen LogP contribution in [0.4, 0.5) is 13.2 Å². The van der Waals surface area contributed by atoms with Crippen molar-refractivity contribution in [1.82, 2.24) is 68.9 Å².